The Balaban J connectivity index is 1.50. The molecular weight excluding hydrogens is 326 g/mol. The molecule has 0 aliphatic carbocycles. The molecule has 5 nitrogen and oxygen atoms in total. The summed E-state index contributed by atoms with van der Waals surface area (Å²) < 4.78 is 0. The summed E-state index contributed by atoms with van der Waals surface area (Å²) in [5.41, 5.74) is 1.59. The van der Waals surface area contributed by atoms with Gasteiger partial charge in [-0.25, -0.2) is 9.97 Å². The standard InChI is InChI=1S/C21H21N3O2/c1-14-22-11-18(12-23-14)21(26)24-9-8-19(20(25)13-24)17-7-6-15-4-2-3-5-16(15)10-17/h2-7,10-12,19-20,25H,8-9,13H2,1H3/t19-,20+/m1/s1. The van der Waals surface area contributed by atoms with E-state index < -0.39 is 6.10 Å². The highest BCUT2D eigenvalue weighted by Gasteiger charge is 2.31. The van der Waals surface area contributed by atoms with Crippen LogP contribution in [0, 0.1) is 6.92 Å². The number of hydrogen-bond acceptors (Lipinski definition) is 4. The number of aliphatic hydroxyl groups is 1. The maximum Gasteiger partial charge on any atom is 0.257 e. The molecule has 2 atom stereocenters. The van der Waals surface area contributed by atoms with Crippen molar-refractivity contribution >= 4 is 16.7 Å². The van der Waals surface area contributed by atoms with E-state index in [-0.39, 0.29) is 11.8 Å². The molecule has 1 aromatic heterocycles. The third kappa shape index (κ3) is 3.18. The highest BCUT2D eigenvalue weighted by atomic mass is 16.3. The molecule has 1 N–H and O–H groups in total. The second kappa shape index (κ2) is 6.84. The molecule has 5 heteroatoms. The number of fused-ring (bicyclic) bond motifs is 1. The van der Waals surface area contributed by atoms with Crippen molar-refractivity contribution < 1.29 is 9.90 Å². The quantitative estimate of drug-likeness (QED) is 0.774. The van der Waals surface area contributed by atoms with Crippen LogP contribution < -0.4 is 0 Å². The summed E-state index contributed by atoms with van der Waals surface area (Å²) in [6, 6.07) is 14.5. The number of carbonyl (C=O) groups excluding carboxylic acids is 1. The molecular formula is C21H21N3O2. The Bertz CT molecular complexity index is 939. The largest absolute Gasteiger partial charge is 0.391 e. The van der Waals surface area contributed by atoms with E-state index in [1.807, 2.05) is 12.1 Å². The van der Waals surface area contributed by atoms with Crippen LogP contribution in [0.1, 0.15) is 34.1 Å². The van der Waals surface area contributed by atoms with Crippen molar-refractivity contribution in [3.05, 3.63) is 71.8 Å². The molecule has 26 heavy (non-hydrogen) atoms. The number of β-amino-alcohol motifs (C(OH)–C–C–N with tert-alkyl or cyclic N) is 1. The molecule has 132 valence electrons. The Hall–Kier alpha value is -2.79. The third-order valence-corrected chi connectivity index (χ3v) is 5.10. The van der Waals surface area contributed by atoms with Gasteiger partial charge in [0.15, 0.2) is 0 Å². The van der Waals surface area contributed by atoms with Gasteiger partial charge in [0.1, 0.15) is 5.82 Å². The van der Waals surface area contributed by atoms with Crippen molar-refractivity contribution in [2.24, 2.45) is 0 Å². The minimum atomic E-state index is -0.583. The average Bonchev–Trinajstić information content (AvgIpc) is 2.67. The van der Waals surface area contributed by atoms with Gasteiger partial charge in [-0.1, -0.05) is 42.5 Å². The summed E-state index contributed by atoms with van der Waals surface area (Å²) in [5.74, 6) is 0.551. The lowest BCUT2D eigenvalue weighted by Crippen LogP contribution is -2.45. The number of aryl methyl sites for hydroxylation is 1. The summed E-state index contributed by atoms with van der Waals surface area (Å²) in [6.07, 6.45) is 3.25. The van der Waals surface area contributed by atoms with Crippen LogP contribution in [-0.4, -0.2) is 45.1 Å². The van der Waals surface area contributed by atoms with Gasteiger partial charge in [0, 0.05) is 31.4 Å². The fraction of sp³-hybridized carbons (Fsp3) is 0.286. The number of likely N-dealkylation sites (tertiary alicyclic amines) is 1. The first-order valence-electron chi connectivity index (χ1n) is 8.86. The van der Waals surface area contributed by atoms with Gasteiger partial charge >= 0.3 is 0 Å². The van der Waals surface area contributed by atoms with Gasteiger partial charge in [-0.15, -0.1) is 0 Å². The third-order valence-electron chi connectivity index (χ3n) is 5.10. The predicted octanol–water partition coefficient (Wildman–Crippen LogP) is 2.93. The predicted molar refractivity (Wildman–Crippen MR) is 100.0 cm³/mol. The summed E-state index contributed by atoms with van der Waals surface area (Å²) in [7, 11) is 0. The molecule has 0 saturated carbocycles. The van der Waals surface area contributed by atoms with Gasteiger partial charge in [-0.05, 0) is 29.7 Å². The number of hydrogen-bond donors (Lipinski definition) is 1. The molecule has 4 rings (SSSR count). The molecule has 0 radical (unpaired) electrons. The van der Waals surface area contributed by atoms with Crippen LogP contribution in [0.4, 0.5) is 0 Å². The number of benzene rings is 2. The van der Waals surface area contributed by atoms with E-state index in [1.165, 1.54) is 10.8 Å². The molecule has 0 spiro atoms. The van der Waals surface area contributed by atoms with Gasteiger partial charge in [-0.3, -0.25) is 4.79 Å². The van der Waals surface area contributed by atoms with Crippen LogP contribution in [0.15, 0.2) is 54.9 Å². The Labute approximate surface area is 152 Å². The highest BCUT2D eigenvalue weighted by Crippen LogP contribution is 2.31. The molecule has 1 aliphatic heterocycles. The topological polar surface area (TPSA) is 66.3 Å². The lowest BCUT2D eigenvalue weighted by molar-refractivity contribution is 0.0381. The summed E-state index contributed by atoms with van der Waals surface area (Å²) in [5, 5.41) is 13.0. The number of rotatable bonds is 2. The van der Waals surface area contributed by atoms with Crippen LogP contribution in [0.25, 0.3) is 10.8 Å². The summed E-state index contributed by atoms with van der Waals surface area (Å²) >= 11 is 0. The Morgan fingerprint density at radius 2 is 1.85 bits per heavy atom. The number of aromatic nitrogens is 2. The van der Waals surface area contributed by atoms with Crippen LogP contribution in [0.3, 0.4) is 0 Å². The molecule has 0 bridgehead atoms. The van der Waals surface area contributed by atoms with E-state index in [0.717, 1.165) is 12.0 Å². The molecule has 1 fully saturated rings. The van der Waals surface area contributed by atoms with E-state index in [2.05, 4.69) is 40.3 Å². The maximum absolute atomic E-state index is 12.6. The minimum Gasteiger partial charge on any atom is -0.391 e. The normalized spacial score (nSPS) is 20.3. The molecule has 0 unspecified atom stereocenters. The second-order valence-electron chi connectivity index (χ2n) is 6.84. The zero-order valence-electron chi connectivity index (χ0n) is 14.7. The van der Waals surface area contributed by atoms with Crippen molar-refractivity contribution in [1.82, 2.24) is 14.9 Å². The summed E-state index contributed by atoms with van der Waals surface area (Å²) in [4.78, 5) is 22.5. The Morgan fingerprint density at radius 3 is 2.58 bits per heavy atom. The number of aliphatic hydroxyl groups excluding tert-OH is 1. The second-order valence-corrected chi connectivity index (χ2v) is 6.84. The fourth-order valence-electron chi connectivity index (χ4n) is 3.63. The number of amides is 1. The highest BCUT2D eigenvalue weighted by molar-refractivity contribution is 5.93. The first kappa shape index (κ1) is 16.7. The van der Waals surface area contributed by atoms with Crippen LogP contribution >= 0.6 is 0 Å². The van der Waals surface area contributed by atoms with Crippen LogP contribution in [0.5, 0.6) is 0 Å². The Kier molecular flexibility index (Phi) is 4.39. The smallest absolute Gasteiger partial charge is 0.257 e. The number of piperidine rings is 1. The van der Waals surface area contributed by atoms with Crippen molar-refractivity contribution in [3.8, 4) is 0 Å². The summed E-state index contributed by atoms with van der Waals surface area (Å²) in [6.45, 7) is 2.72. The average molecular weight is 347 g/mol. The van der Waals surface area contributed by atoms with E-state index in [0.29, 0.717) is 24.5 Å². The van der Waals surface area contributed by atoms with Gasteiger partial charge in [0.05, 0.1) is 11.7 Å². The van der Waals surface area contributed by atoms with Crippen LogP contribution in [0.2, 0.25) is 0 Å². The van der Waals surface area contributed by atoms with E-state index in [4.69, 9.17) is 0 Å². The zero-order chi connectivity index (χ0) is 18.1. The van der Waals surface area contributed by atoms with Crippen molar-refractivity contribution in [1.29, 1.82) is 0 Å². The van der Waals surface area contributed by atoms with Gasteiger partial charge in [0.25, 0.3) is 5.91 Å². The lowest BCUT2D eigenvalue weighted by atomic mass is 9.86. The lowest BCUT2D eigenvalue weighted by Gasteiger charge is -2.36. The monoisotopic (exact) mass is 347 g/mol. The molecule has 1 saturated heterocycles. The molecule has 1 amide bonds. The first-order chi connectivity index (χ1) is 12.6. The van der Waals surface area contributed by atoms with Gasteiger partial charge in [0.2, 0.25) is 0 Å². The molecule has 2 heterocycles. The number of nitrogens with zero attached hydrogens (tertiary/aromatic N) is 3. The van der Waals surface area contributed by atoms with Crippen LogP contribution in [-0.2, 0) is 0 Å². The SMILES string of the molecule is Cc1ncc(C(=O)N2CC[C@H](c3ccc4ccccc4c3)[C@@H](O)C2)cn1. The number of carbonyl (C=O) groups is 1. The first-order valence-corrected chi connectivity index (χ1v) is 8.86. The van der Waals surface area contributed by atoms with Gasteiger partial charge < -0.3 is 10.0 Å². The molecule has 1 aliphatic rings. The van der Waals surface area contributed by atoms with E-state index in [1.54, 1.807) is 24.2 Å². The fourth-order valence-corrected chi connectivity index (χ4v) is 3.63. The molecule has 2 aromatic carbocycles. The molecule has 3 aromatic rings. The Morgan fingerprint density at radius 1 is 1.12 bits per heavy atom. The zero-order valence-corrected chi connectivity index (χ0v) is 14.7. The minimum absolute atomic E-state index is 0.0397. The van der Waals surface area contributed by atoms with Crippen molar-refractivity contribution in [2.75, 3.05) is 13.1 Å². The van der Waals surface area contributed by atoms with Crippen molar-refractivity contribution in [2.45, 2.75) is 25.4 Å². The van der Waals surface area contributed by atoms with E-state index >= 15 is 0 Å². The van der Waals surface area contributed by atoms with Gasteiger partial charge in [-0.2, -0.15) is 0 Å². The van der Waals surface area contributed by atoms with E-state index in [9.17, 15) is 9.90 Å². The van der Waals surface area contributed by atoms with Crippen molar-refractivity contribution in [3.63, 3.8) is 0 Å². The maximum atomic E-state index is 12.6.